The van der Waals surface area contributed by atoms with E-state index in [1.54, 1.807) is 5.57 Å². The lowest BCUT2D eigenvalue weighted by Crippen LogP contribution is -2.19. The summed E-state index contributed by atoms with van der Waals surface area (Å²) in [4.78, 5) is 4.83. The number of hydrogen-bond donors (Lipinski definition) is 0. The third-order valence-electron chi connectivity index (χ3n) is 13.0. The monoisotopic (exact) mass is 750 g/mol. The Morgan fingerprint density at radius 3 is 1.69 bits per heavy atom. The standard InChI is InChI=1S/C56H50N2/c1-55(2)51-23-15-14-22-47(51)49-34-31-46(37-53(49)55)58(43-20-12-7-13-21-43)44-29-26-39(27-30-44)24-25-40-28-33-48-50-35-32-45(38-54(50)56(3,4)52(48)36-40)57(41-16-8-5-9-17-41)42-18-10-6-11-19-42/h5-10,12-14,16-18,20-22,24-38H,11,15,19,23H2,1-4H3/b25-24+. The molecule has 6 aromatic carbocycles. The van der Waals surface area contributed by atoms with E-state index in [1.807, 2.05) is 0 Å². The quantitative estimate of drug-likeness (QED) is 0.143. The zero-order valence-electron chi connectivity index (χ0n) is 34.0. The van der Waals surface area contributed by atoms with Crippen LogP contribution in [0.5, 0.6) is 0 Å². The molecule has 0 atom stereocenters. The second-order valence-electron chi connectivity index (χ2n) is 17.2. The van der Waals surface area contributed by atoms with Crippen molar-refractivity contribution in [2.24, 2.45) is 0 Å². The van der Waals surface area contributed by atoms with E-state index in [1.165, 1.54) is 72.8 Å². The molecular formula is C56H50N2. The molecule has 6 aromatic rings. The van der Waals surface area contributed by atoms with E-state index in [2.05, 4.69) is 220 Å². The Balaban J connectivity index is 0.926. The van der Waals surface area contributed by atoms with Gasteiger partial charge in [0.15, 0.2) is 0 Å². The van der Waals surface area contributed by atoms with E-state index >= 15 is 0 Å². The normalized spacial score (nSPS) is 16.8. The van der Waals surface area contributed by atoms with Crippen molar-refractivity contribution < 1.29 is 0 Å². The number of nitrogens with zero attached hydrogens (tertiary/aromatic N) is 2. The fourth-order valence-corrected chi connectivity index (χ4v) is 9.92. The highest BCUT2D eigenvalue weighted by Gasteiger charge is 2.38. The van der Waals surface area contributed by atoms with Crippen molar-refractivity contribution in [2.45, 2.75) is 64.2 Å². The maximum Gasteiger partial charge on any atom is 0.0465 e. The highest BCUT2D eigenvalue weighted by Crippen LogP contribution is 2.53. The summed E-state index contributed by atoms with van der Waals surface area (Å²) in [5, 5.41) is 0. The van der Waals surface area contributed by atoms with Gasteiger partial charge in [-0.1, -0.05) is 149 Å². The molecule has 4 aliphatic rings. The Morgan fingerprint density at radius 1 is 0.466 bits per heavy atom. The SMILES string of the molecule is CC1(C)C2=C(C=CCC2)c2ccc(N(c3ccccc3)c3ccc(/C=C/c4ccc5c(c4)C(C)(C)c4cc(N(C6=CC=CCC6)c6ccccc6)ccc4-5)cc3)cc21. The van der Waals surface area contributed by atoms with Crippen molar-refractivity contribution in [3.8, 4) is 11.1 Å². The summed E-state index contributed by atoms with van der Waals surface area (Å²) in [6, 6.07) is 51.7. The van der Waals surface area contributed by atoms with Gasteiger partial charge in [-0.3, -0.25) is 0 Å². The number of hydrogen-bond acceptors (Lipinski definition) is 2. The van der Waals surface area contributed by atoms with E-state index in [9.17, 15) is 0 Å². The minimum atomic E-state index is -0.130. The minimum absolute atomic E-state index is 0.0229. The first-order valence-corrected chi connectivity index (χ1v) is 21.0. The zero-order chi connectivity index (χ0) is 39.4. The van der Waals surface area contributed by atoms with Crippen LogP contribution < -0.4 is 9.80 Å². The van der Waals surface area contributed by atoms with Gasteiger partial charge in [0.1, 0.15) is 0 Å². The van der Waals surface area contributed by atoms with Gasteiger partial charge < -0.3 is 9.80 Å². The van der Waals surface area contributed by atoms with Crippen LogP contribution in [0, 0.1) is 0 Å². The van der Waals surface area contributed by atoms with Crippen LogP contribution in [0.4, 0.5) is 28.4 Å². The molecule has 4 aliphatic carbocycles. The van der Waals surface area contributed by atoms with Gasteiger partial charge in [-0.2, -0.15) is 0 Å². The van der Waals surface area contributed by atoms with Gasteiger partial charge in [-0.15, -0.1) is 0 Å². The van der Waals surface area contributed by atoms with Gasteiger partial charge in [0.2, 0.25) is 0 Å². The minimum Gasteiger partial charge on any atom is -0.314 e. The molecule has 0 aromatic heterocycles. The molecule has 0 spiro atoms. The average molecular weight is 751 g/mol. The Morgan fingerprint density at radius 2 is 1.00 bits per heavy atom. The Bertz CT molecular complexity index is 2700. The smallest absolute Gasteiger partial charge is 0.0465 e. The fraction of sp³-hybridized carbons (Fsp3) is 0.179. The molecule has 0 heterocycles. The molecule has 0 unspecified atom stereocenters. The highest BCUT2D eigenvalue weighted by molar-refractivity contribution is 5.90. The fourth-order valence-electron chi connectivity index (χ4n) is 9.92. The highest BCUT2D eigenvalue weighted by atomic mass is 15.2. The summed E-state index contributed by atoms with van der Waals surface area (Å²) < 4.78 is 0. The third kappa shape index (κ3) is 6.10. The van der Waals surface area contributed by atoms with Crippen molar-refractivity contribution in [1.82, 2.24) is 0 Å². The largest absolute Gasteiger partial charge is 0.314 e. The predicted molar refractivity (Wildman–Crippen MR) is 247 cm³/mol. The van der Waals surface area contributed by atoms with E-state index in [0.717, 1.165) is 37.1 Å². The van der Waals surface area contributed by atoms with Gasteiger partial charge in [0.25, 0.3) is 0 Å². The van der Waals surface area contributed by atoms with Gasteiger partial charge in [-0.05, 0) is 143 Å². The number of fused-ring (bicyclic) bond motifs is 5. The van der Waals surface area contributed by atoms with Crippen LogP contribution in [0.3, 0.4) is 0 Å². The Kier molecular flexibility index (Phi) is 8.82. The molecule has 58 heavy (non-hydrogen) atoms. The van der Waals surface area contributed by atoms with Gasteiger partial charge >= 0.3 is 0 Å². The van der Waals surface area contributed by atoms with Crippen LogP contribution in [-0.4, -0.2) is 0 Å². The first-order valence-electron chi connectivity index (χ1n) is 21.0. The lowest BCUT2D eigenvalue weighted by atomic mass is 9.78. The number of anilines is 5. The van der Waals surface area contributed by atoms with E-state index in [4.69, 9.17) is 0 Å². The Labute approximate surface area is 344 Å². The van der Waals surface area contributed by atoms with Gasteiger partial charge in [-0.25, -0.2) is 0 Å². The summed E-state index contributed by atoms with van der Waals surface area (Å²) in [5.74, 6) is 0. The second kappa shape index (κ2) is 14.2. The molecule has 0 bridgehead atoms. The number of rotatable bonds is 8. The molecule has 0 amide bonds. The van der Waals surface area contributed by atoms with Crippen LogP contribution in [0.15, 0.2) is 181 Å². The second-order valence-corrected chi connectivity index (χ2v) is 17.2. The molecule has 0 saturated heterocycles. The zero-order valence-corrected chi connectivity index (χ0v) is 34.0. The van der Waals surface area contributed by atoms with Gasteiger partial charge in [0, 0.05) is 45.0 Å². The molecule has 0 radical (unpaired) electrons. The van der Waals surface area contributed by atoms with Crippen LogP contribution >= 0.6 is 0 Å². The van der Waals surface area contributed by atoms with Crippen LogP contribution in [0.25, 0.3) is 28.9 Å². The summed E-state index contributed by atoms with van der Waals surface area (Å²) >= 11 is 0. The van der Waals surface area contributed by atoms with Gasteiger partial charge in [0.05, 0.1) is 0 Å². The predicted octanol–water partition coefficient (Wildman–Crippen LogP) is 15.4. The van der Waals surface area contributed by atoms with Crippen molar-refractivity contribution in [3.63, 3.8) is 0 Å². The van der Waals surface area contributed by atoms with Crippen molar-refractivity contribution in [1.29, 1.82) is 0 Å². The number of para-hydroxylation sites is 2. The molecule has 284 valence electrons. The first-order chi connectivity index (χ1) is 28.3. The van der Waals surface area contributed by atoms with Crippen LogP contribution in [0.2, 0.25) is 0 Å². The van der Waals surface area contributed by atoms with E-state index < -0.39 is 0 Å². The molecule has 0 aliphatic heterocycles. The third-order valence-corrected chi connectivity index (χ3v) is 13.0. The lowest BCUT2D eigenvalue weighted by molar-refractivity contribution is 0.607. The Hall–Kier alpha value is -6.38. The summed E-state index contributed by atoms with van der Waals surface area (Å²) in [6.07, 6.45) is 20.3. The molecule has 0 fully saturated rings. The molecule has 0 N–H and O–H groups in total. The molecule has 2 heteroatoms. The molecule has 2 nitrogen and oxygen atoms in total. The number of allylic oxidation sites excluding steroid dienone is 8. The summed E-state index contributed by atoms with van der Waals surface area (Å²) in [6.45, 7) is 9.56. The van der Waals surface area contributed by atoms with E-state index in [-0.39, 0.29) is 10.8 Å². The van der Waals surface area contributed by atoms with Crippen LogP contribution in [0.1, 0.15) is 86.8 Å². The van der Waals surface area contributed by atoms with Crippen LogP contribution in [-0.2, 0) is 10.8 Å². The maximum absolute atomic E-state index is 2.44. The first kappa shape index (κ1) is 36.0. The number of benzene rings is 6. The van der Waals surface area contributed by atoms with Crippen molar-refractivity contribution >= 4 is 46.2 Å². The average Bonchev–Trinajstić information content (AvgIpc) is 3.63. The van der Waals surface area contributed by atoms with E-state index in [0.29, 0.717) is 0 Å². The molecule has 10 rings (SSSR count). The van der Waals surface area contributed by atoms with Crippen molar-refractivity contribution in [2.75, 3.05) is 9.80 Å². The molecule has 0 saturated carbocycles. The molecular weight excluding hydrogens is 701 g/mol. The summed E-state index contributed by atoms with van der Waals surface area (Å²) in [5.41, 5.74) is 20.8. The van der Waals surface area contributed by atoms with Crippen molar-refractivity contribution in [3.05, 3.63) is 215 Å². The topological polar surface area (TPSA) is 6.48 Å². The summed E-state index contributed by atoms with van der Waals surface area (Å²) in [7, 11) is 0. The maximum atomic E-state index is 2.44. The lowest BCUT2D eigenvalue weighted by Gasteiger charge is -2.30.